The molecule has 2 heteroatoms. The molecule has 39 heavy (non-hydrogen) atoms. The number of pyridine rings is 1. The lowest BCUT2D eigenvalue weighted by molar-refractivity contribution is 0.751. The maximum atomic E-state index is 5.25. The van der Waals surface area contributed by atoms with Crippen LogP contribution in [-0.4, -0.2) is 10.7 Å². The van der Waals surface area contributed by atoms with Gasteiger partial charge in [0.1, 0.15) is 0 Å². The second-order valence-corrected chi connectivity index (χ2v) is 10.6. The molecule has 1 aliphatic heterocycles. The number of hydrogen-bond acceptors (Lipinski definition) is 2. The van der Waals surface area contributed by atoms with Gasteiger partial charge in [0, 0.05) is 34.5 Å². The number of rotatable bonds is 2. The molecule has 0 saturated carbocycles. The van der Waals surface area contributed by atoms with E-state index in [0.717, 1.165) is 35.5 Å². The number of aromatic nitrogens is 1. The molecule has 1 aliphatic carbocycles. The van der Waals surface area contributed by atoms with Crippen LogP contribution in [-0.2, 0) is 0 Å². The van der Waals surface area contributed by atoms with Gasteiger partial charge in [-0.2, -0.15) is 0 Å². The first kappa shape index (κ1) is 22.2. The van der Waals surface area contributed by atoms with Crippen LogP contribution in [0.15, 0.2) is 133 Å². The summed E-state index contributed by atoms with van der Waals surface area (Å²) in [5.74, 6) is 0.342. The minimum Gasteiger partial charge on any atom is -0.256 e. The van der Waals surface area contributed by atoms with E-state index >= 15 is 0 Å². The molecule has 1 aromatic heterocycles. The van der Waals surface area contributed by atoms with Gasteiger partial charge in [0.15, 0.2) is 0 Å². The van der Waals surface area contributed by atoms with Crippen molar-refractivity contribution in [1.82, 2.24) is 4.98 Å². The van der Waals surface area contributed by atoms with Crippen molar-refractivity contribution in [2.75, 3.05) is 0 Å². The van der Waals surface area contributed by atoms with E-state index in [1.807, 2.05) is 0 Å². The Hall–Kier alpha value is -4.82. The van der Waals surface area contributed by atoms with E-state index in [1.165, 1.54) is 49.7 Å². The van der Waals surface area contributed by atoms with Crippen molar-refractivity contribution in [1.29, 1.82) is 0 Å². The maximum absolute atomic E-state index is 5.25. The minimum absolute atomic E-state index is 0.342. The molecule has 2 nitrogen and oxygen atoms in total. The number of benzene rings is 5. The van der Waals surface area contributed by atoms with Crippen LogP contribution in [0, 0.1) is 0 Å². The summed E-state index contributed by atoms with van der Waals surface area (Å²) < 4.78 is 0. The lowest BCUT2D eigenvalue weighted by Crippen LogP contribution is -2.11. The Labute approximate surface area is 228 Å². The van der Waals surface area contributed by atoms with Crippen LogP contribution in [0.2, 0.25) is 0 Å². The highest BCUT2D eigenvalue weighted by molar-refractivity contribution is 6.09. The van der Waals surface area contributed by atoms with Gasteiger partial charge in [0.2, 0.25) is 0 Å². The molecule has 0 spiro atoms. The third-order valence-corrected chi connectivity index (χ3v) is 8.34. The van der Waals surface area contributed by atoms with Crippen molar-refractivity contribution >= 4 is 22.2 Å². The van der Waals surface area contributed by atoms with Crippen molar-refractivity contribution in [2.45, 2.75) is 18.8 Å². The summed E-state index contributed by atoms with van der Waals surface area (Å²) in [6, 6.07) is 43.7. The summed E-state index contributed by atoms with van der Waals surface area (Å²) in [7, 11) is 0. The van der Waals surface area contributed by atoms with E-state index in [-0.39, 0.29) is 0 Å². The number of nitrogens with zero attached hydrogens (tertiary/aromatic N) is 2. The van der Waals surface area contributed by atoms with Crippen LogP contribution >= 0.6 is 0 Å². The normalized spacial score (nSPS) is 15.4. The van der Waals surface area contributed by atoms with Gasteiger partial charge in [0.05, 0.1) is 11.4 Å². The molecule has 0 fully saturated rings. The SMILES string of the molecule is c1ccc2c(c1)N=C1CCC2c2ccccc2-c2cnc(-c3ccc(-c4ccc5ccccc5c4)cc3)cc21. The largest absolute Gasteiger partial charge is 0.256 e. The average molecular weight is 499 g/mol. The molecule has 0 N–H and O–H groups in total. The Morgan fingerprint density at radius 2 is 1.26 bits per heavy atom. The fourth-order valence-corrected chi connectivity index (χ4v) is 6.35. The number of aliphatic imine (C=N–C) groups is 1. The predicted octanol–water partition coefficient (Wildman–Crippen LogP) is 9.60. The number of hydrogen-bond donors (Lipinski definition) is 0. The van der Waals surface area contributed by atoms with E-state index in [4.69, 9.17) is 9.98 Å². The Morgan fingerprint density at radius 3 is 2.15 bits per heavy atom. The second kappa shape index (κ2) is 8.89. The van der Waals surface area contributed by atoms with Gasteiger partial charge < -0.3 is 0 Å². The first-order chi connectivity index (χ1) is 19.3. The zero-order valence-corrected chi connectivity index (χ0v) is 21.5. The lowest BCUT2D eigenvalue weighted by atomic mass is 9.79. The van der Waals surface area contributed by atoms with Gasteiger partial charge in [-0.25, -0.2) is 0 Å². The van der Waals surface area contributed by atoms with Gasteiger partial charge >= 0.3 is 0 Å². The third kappa shape index (κ3) is 3.72. The van der Waals surface area contributed by atoms with Gasteiger partial charge in [-0.3, -0.25) is 9.98 Å². The van der Waals surface area contributed by atoms with E-state index in [0.29, 0.717) is 5.92 Å². The predicted molar refractivity (Wildman–Crippen MR) is 162 cm³/mol. The van der Waals surface area contributed by atoms with E-state index in [2.05, 4.69) is 128 Å². The standard InChI is InChI=1S/C37H26N2/c1-2-8-27-21-28(18-15-24(27)7-1)25-13-16-26(17-14-25)37-22-33-34(23-38-37)30-10-4-3-9-29(30)31-19-20-36(33)39-35-12-6-5-11-32(31)35/h1-18,21-23,31H,19-20H2. The second-order valence-electron chi connectivity index (χ2n) is 10.6. The van der Waals surface area contributed by atoms with Crippen molar-refractivity contribution in [3.8, 4) is 33.5 Å². The van der Waals surface area contributed by atoms with E-state index < -0.39 is 0 Å². The zero-order valence-electron chi connectivity index (χ0n) is 21.5. The third-order valence-electron chi connectivity index (χ3n) is 8.34. The van der Waals surface area contributed by atoms with E-state index in [1.54, 1.807) is 0 Å². The molecule has 1 unspecified atom stereocenters. The number of fused-ring (bicyclic) bond motifs is 11. The Balaban J connectivity index is 1.24. The molecule has 1 atom stereocenters. The van der Waals surface area contributed by atoms with Crippen molar-refractivity contribution in [3.63, 3.8) is 0 Å². The molecule has 0 radical (unpaired) electrons. The first-order valence-corrected chi connectivity index (χ1v) is 13.7. The monoisotopic (exact) mass is 498 g/mol. The molecule has 2 aliphatic rings. The molecule has 8 rings (SSSR count). The summed E-state index contributed by atoms with van der Waals surface area (Å²) in [6.07, 6.45) is 4.07. The highest BCUT2D eigenvalue weighted by Gasteiger charge is 2.29. The van der Waals surface area contributed by atoms with Crippen molar-refractivity contribution in [3.05, 3.63) is 144 Å². The summed E-state index contributed by atoms with van der Waals surface area (Å²) in [4.78, 5) is 10.2. The molecule has 5 aromatic carbocycles. The molecule has 6 aromatic rings. The summed E-state index contributed by atoms with van der Waals surface area (Å²) in [5.41, 5.74) is 13.1. The summed E-state index contributed by atoms with van der Waals surface area (Å²) >= 11 is 0. The van der Waals surface area contributed by atoms with Crippen molar-refractivity contribution in [2.24, 2.45) is 4.99 Å². The fourth-order valence-electron chi connectivity index (χ4n) is 6.35. The van der Waals surface area contributed by atoms with Crippen LogP contribution in [0.5, 0.6) is 0 Å². The molecule has 0 saturated heterocycles. The highest BCUT2D eigenvalue weighted by Crippen LogP contribution is 2.46. The van der Waals surface area contributed by atoms with Gasteiger partial charge in [-0.15, -0.1) is 0 Å². The van der Waals surface area contributed by atoms with Crippen LogP contribution in [0.25, 0.3) is 44.3 Å². The van der Waals surface area contributed by atoms with Crippen LogP contribution in [0.1, 0.15) is 35.4 Å². The molecule has 0 amide bonds. The zero-order chi connectivity index (χ0) is 25.8. The quantitative estimate of drug-likeness (QED) is 0.233. The average Bonchev–Trinajstić information content (AvgIpc) is 3.18. The van der Waals surface area contributed by atoms with Crippen molar-refractivity contribution < 1.29 is 0 Å². The van der Waals surface area contributed by atoms with Crippen LogP contribution < -0.4 is 0 Å². The molecule has 184 valence electrons. The van der Waals surface area contributed by atoms with Gasteiger partial charge in [-0.1, -0.05) is 103 Å². The lowest BCUT2D eigenvalue weighted by Gasteiger charge is -2.24. The molecule has 2 bridgehead atoms. The molecular weight excluding hydrogens is 472 g/mol. The van der Waals surface area contributed by atoms with Gasteiger partial charge in [-0.05, 0) is 69.6 Å². The van der Waals surface area contributed by atoms with E-state index in [9.17, 15) is 0 Å². The summed E-state index contributed by atoms with van der Waals surface area (Å²) in [5, 5.41) is 2.52. The smallest absolute Gasteiger partial charge is 0.0709 e. The van der Waals surface area contributed by atoms with Crippen LogP contribution in [0.4, 0.5) is 5.69 Å². The summed E-state index contributed by atoms with van der Waals surface area (Å²) in [6.45, 7) is 0. The van der Waals surface area contributed by atoms with Gasteiger partial charge in [0.25, 0.3) is 0 Å². The Morgan fingerprint density at radius 1 is 0.538 bits per heavy atom. The maximum Gasteiger partial charge on any atom is 0.0709 e. The first-order valence-electron chi connectivity index (χ1n) is 13.7. The topological polar surface area (TPSA) is 25.2 Å². The Kier molecular flexibility index (Phi) is 5.06. The fraction of sp³-hybridized carbons (Fsp3) is 0.0811. The highest BCUT2D eigenvalue weighted by atomic mass is 14.8. The number of para-hydroxylation sites is 1. The van der Waals surface area contributed by atoms with Crippen LogP contribution in [0.3, 0.4) is 0 Å². The molecule has 2 heterocycles. The minimum atomic E-state index is 0.342. The Bertz CT molecular complexity index is 1910. The molecular formula is C37H26N2.